The minimum Gasteiger partial charge on any atom is -0.444 e. The topological polar surface area (TPSA) is 108 Å². The highest BCUT2D eigenvalue weighted by Crippen LogP contribution is 2.31. The quantitative estimate of drug-likeness (QED) is 0.416. The van der Waals surface area contributed by atoms with Crippen molar-refractivity contribution in [2.24, 2.45) is 5.73 Å². The van der Waals surface area contributed by atoms with Crippen molar-refractivity contribution in [2.75, 3.05) is 13.1 Å². The molecule has 1 aliphatic rings. The van der Waals surface area contributed by atoms with E-state index in [2.05, 4.69) is 5.32 Å². The van der Waals surface area contributed by atoms with Crippen LogP contribution in [0.4, 0.5) is 4.79 Å². The van der Waals surface area contributed by atoms with E-state index in [0.717, 1.165) is 29.5 Å². The molecule has 0 bridgehead atoms. The lowest BCUT2D eigenvalue weighted by atomic mass is 9.84. The first kappa shape index (κ1) is 29.1. The maximum Gasteiger partial charge on any atom is 0.410 e. The molecule has 3 rings (SSSR count). The number of nitrogens with zero attached hydrogens (tertiary/aromatic N) is 1. The van der Waals surface area contributed by atoms with Crippen molar-refractivity contribution in [3.8, 4) is 0 Å². The summed E-state index contributed by atoms with van der Waals surface area (Å²) in [7, 11) is 0. The average molecular weight is 512 g/mol. The second kappa shape index (κ2) is 11.5. The lowest BCUT2D eigenvalue weighted by Gasteiger charge is -2.38. The van der Waals surface area contributed by atoms with Crippen molar-refractivity contribution < 1.29 is 19.7 Å². The number of carbonyl (C=O) groups excluding carboxylic acids is 1. The van der Waals surface area contributed by atoms with E-state index >= 15 is 0 Å². The number of hydrogen-bond acceptors (Lipinski definition) is 6. The Kier molecular flexibility index (Phi) is 9.06. The molecule has 204 valence electrons. The van der Waals surface area contributed by atoms with Crippen LogP contribution in [0.5, 0.6) is 0 Å². The number of amides is 1. The van der Waals surface area contributed by atoms with Gasteiger partial charge in [0.2, 0.25) is 0 Å². The molecule has 1 amide bonds. The number of rotatable bonds is 8. The van der Waals surface area contributed by atoms with Gasteiger partial charge in [-0.25, -0.2) is 4.79 Å². The SMILES string of the molecule is CC(C)(C)OC(=O)N1CCC(N[C@@H](c2ccc(CC(C)(O)[C@@H](N)c3ccccc3)cc2)C(C)(C)O)CC1. The molecule has 1 aliphatic heterocycles. The van der Waals surface area contributed by atoms with Crippen molar-refractivity contribution in [3.05, 3.63) is 71.3 Å². The second-order valence-corrected chi connectivity index (χ2v) is 12.2. The number of piperidine rings is 1. The molecule has 1 saturated heterocycles. The van der Waals surface area contributed by atoms with E-state index in [0.29, 0.717) is 19.5 Å². The molecule has 0 saturated carbocycles. The van der Waals surface area contributed by atoms with Gasteiger partial charge in [-0.1, -0.05) is 54.6 Å². The molecule has 5 N–H and O–H groups in total. The first-order valence-electron chi connectivity index (χ1n) is 13.2. The Bertz CT molecular complexity index is 1000. The maximum atomic E-state index is 12.4. The first-order valence-corrected chi connectivity index (χ1v) is 13.2. The van der Waals surface area contributed by atoms with Gasteiger partial charge in [-0.2, -0.15) is 0 Å². The van der Waals surface area contributed by atoms with E-state index in [1.165, 1.54) is 0 Å². The number of benzene rings is 2. The summed E-state index contributed by atoms with van der Waals surface area (Å²) in [6.45, 7) is 12.2. The van der Waals surface area contributed by atoms with Crippen LogP contribution in [0, 0.1) is 0 Å². The average Bonchev–Trinajstić information content (AvgIpc) is 2.81. The van der Waals surface area contributed by atoms with E-state index in [4.69, 9.17) is 10.5 Å². The minimum atomic E-state index is -1.11. The molecule has 1 unspecified atom stereocenters. The monoisotopic (exact) mass is 511 g/mol. The third-order valence-corrected chi connectivity index (χ3v) is 6.96. The molecule has 7 heteroatoms. The molecule has 7 nitrogen and oxygen atoms in total. The summed E-state index contributed by atoms with van der Waals surface area (Å²) in [5.74, 6) is 0. The van der Waals surface area contributed by atoms with Crippen LogP contribution in [0.2, 0.25) is 0 Å². The van der Waals surface area contributed by atoms with Gasteiger partial charge in [0, 0.05) is 25.6 Å². The van der Waals surface area contributed by atoms with E-state index < -0.39 is 22.8 Å². The van der Waals surface area contributed by atoms with Gasteiger partial charge >= 0.3 is 6.09 Å². The Labute approximate surface area is 222 Å². The smallest absolute Gasteiger partial charge is 0.410 e. The third-order valence-electron chi connectivity index (χ3n) is 6.96. The van der Waals surface area contributed by atoms with Gasteiger partial charge in [0.1, 0.15) is 5.60 Å². The summed E-state index contributed by atoms with van der Waals surface area (Å²) >= 11 is 0. The molecule has 1 fully saturated rings. The van der Waals surface area contributed by atoms with Crippen LogP contribution in [0.15, 0.2) is 54.6 Å². The summed E-state index contributed by atoms with van der Waals surface area (Å²) < 4.78 is 5.50. The van der Waals surface area contributed by atoms with Crippen LogP contribution in [0.1, 0.15) is 83.2 Å². The van der Waals surface area contributed by atoms with Gasteiger partial charge < -0.3 is 30.9 Å². The predicted molar refractivity (Wildman–Crippen MR) is 147 cm³/mol. The molecule has 0 spiro atoms. The van der Waals surface area contributed by atoms with Crippen molar-refractivity contribution in [1.82, 2.24) is 10.2 Å². The molecule has 0 aliphatic carbocycles. The fraction of sp³-hybridized carbons (Fsp3) is 0.567. The van der Waals surface area contributed by atoms with Crippen LogP contribution in [0.25, 0.3) is 0 Å². The molecule has 2 aromatic carbocycles. The lowest BCUT2D eigenvalue weighted by molar-refractivity contribution is 0.0123. The number of nitrogens with two attached hydrogens (primary N) is 1. The van der Waals surface area contributed by atoms with Crippen LogP contribution < -0.4 is 11.1 Å². The normalized spacial score (nSPS) is 18.7. The Hall–Kier alpha value is -2.45. The number of nitrogens with one attached hydrogen (secondary N) is 1. The van der Waals surface area contributed by atoms with E-state index in [9.17, 15) is 15.0 Å². The zero-order valence-corrected chi connectivity index (χ0v) is 23.2. The van der Waals surface area contributed by atoms with Gasteiger partial charge in [-0.3, -0.25) is 0 Å². The standard InChI is InChI=1S/C30H45N3O4/c1-28(2,3)37-27(34)33-18-16-24(17-19-33)32-26(29(4,5)35)23-14-12-21(13-15-23)20-30(6,36)25(31)22-10-8-7-9-11-22/h7-15,24-26,32,35-36H,16-20,31H2,1-6H3/t25-,26-,30?/m0/s1. The number of carbonyl (C=O) groups is 1. The van der Waals surface area contributed by atoms with Crippen molar-refractivity contribution in [3.63, 3.8) is 0 Å². The highest BCUT2D eigenvalue weighted by atomic mass is 16.6. The maximum absolute atomic E-state index is 12.4. The van der Waals surface area contributed by atoms with Gasteiger partial charge in [0.15, 0.2) is 0 Å². The highest BCUT2D eigenvalue weighted by molar-refractivity contribution is 5.68. The van der Waals surface area contributed by atoms with Crippen LogP contribution in [-0.2, 0) is 11.2 Å². The number of ether oxygens (including phenoxy) is 1. The highest BCUT2D eigenvalue weighted by Gasteiger charge is 2.34. The zero-order chi connectivity index (χ0) is 27.4. The number of hydrogen-bond donors (Lipinski definition) is 4. The fourth-order valence-corrected chi connectivity index (χ4v) is 4.87. The van der Waals surface area contributed by atoms with Gasteiger partial charge in [-0.05, 0) is 71.1 Å². The summed E-state index contributed by atoms with van der Waals surface area (Å²) in [4.78, 5) is 14.1. The minimum absolute atomic E-state index is 0.166. The van der Waals surface area contributed by atoms with Gasteiger partial charge in [-0.15, -0.1) is 0 Å². The summed E-state index contributed by atoms with van der Waals surface area (Å²) in [5.41, 5.74) is 6.62. The molecule has 3 atom stereocenters. The molecule has 0 aromatic heterocycles. The molecule has 37 heavy (non-hydrogen) atoms. The van der Waals surface area contributed by atoms with E-state index in [-0.39, 0.29) is 18.2 Å². The lowest BCUT2D eigenvalue weighted by Crippen LogP contribution is -2.50. The first-order chi connectivity index (χ1) is 17.2. The Morgan fingerprint density at radius 2 is 1.54 bits per heavy atom. The van der Waals surface area contributed by atoms with Crippen molar-refractivity contribution >= 4 is 6.09 Å². The Morgan fingerprint density at radius 1 is 0.973 bits per heavy atom. The third kappa shape index (κ3) is 8.27. The van der Waals surface area contributed by atoms with Crippen molar-refractivity contribution in [1.29, 1.82) is 0 Å². The second-order valence-electron chi connectivity index (χ2n) is 12.2. The summed E-state index contributed by atoms with van der Waals surface area (Å²) in [6.07, 6.45) is 1.70. The number of likely N-dealkylation sites (tertiary alicyclic amines) is 1. The van der Waals surface area contributed by atoms with E-state index in [1.807, 2.05) is 75.4 Å². The molecule has 0 radical (unpaired) electrons. The van der Waals surface area contributed by atoms with E-state index in [1.54, 1.807) is 25.7 Å². The van der Waals surface area contributed by atoms with Crippen molar-refractivity contribution in [2.45, 2.75) is 95.7 Å². The number of aliphatic hydroxyl groups is 2. The fourth-order valence-electron chi connectivity index (χ4n) is 4.87. The summed E-state index contributed by atoms with van der Waals surface area (Å²) in [5, 5.41) is 25.7. The predicted octanol–water partition coefficient (Wildman–Crippen LogP) is 4.48. The summed E-state index contributed by atoms with van der Waals surface area (Å²) in [6, 6.07) is 17.0. The van der Waals surface area contributed by atoms with Crippen LogP contribution in [0.3, 0.4) is 0 Å². The van der Waals surface area contributed by atoms with Gasteiger partial charge in [0.05, 0.1) is 23.3 Å². The van der Waals surface area contributed by atoms with Crippen LogP contribution >= 0.6 is 0 Å². The van der Waals surface area contributed by atoms with Crippen LogP contribution in [-0.4, -0.2) is 57.1 Å². The molecule has 1 heterocycles. The molecular weight excluding hydrogens is 466 g/mol. The zero-order valence-electron chi connectivity index (χ0n) is 23.2. The largest absolute Gasteiger partial charge is 0.444 e. The molecule has 2 aromatic rings. The Balaban J connectivity index is 1.64. The Morgan fingerprint density at radius 3 is 2.05 bits per heavy atom. The molecular formula is C30H45N3O4. The van der Waals surface area contributed by atoms with Gasteiger partial charge in [0.25, 0.3) is 0 Å².